The van der Waals surface area contributed by atoms with Gasteiger partial charge in [0, 0.05) is 12.2 Å². The van der Waals surface area contributed by atoms with E-state index in [1.54, 1.807) is 0 Å². The highest BCUT2D eigenvalue weighted by Crippen LogP contribution is 2.29. The predicted molar refractivity (Wildman–Crippen MR) is 83.8 cm³/mol. The van der Waals surface area contributed by atoms with Crippen molar-refractivity contribution in [1.29, 1.82) is 0 Å². The molecule has 2 aromatic rings. The molecule has 0 radical (unpaired) electrons. The third kappa shape index (κ3) is 2.74. The van der Waals surface area contributed by atoms with Crippen LogP contribution in [0.25, 0.3) is 0 Å². The number of rotatable bonds is 1. The average molecular weight is 300 g/mol. The van der Waals surface area contributed by atoms with Gasteiger partial charge in [-0.2, -0.15) is 0 Å². The third-order valence-corrected chi connectivity index (χ3v) is 3.84. The summed E-state index contributed by atoms with van der Waals surface area (Å²) >= 11 is 0. The molecule has 0 saturated heterocycles. The Balaban J connectivity index is 1.89. The molecule has 1 heterocycles. The van der Waals surface area contributed by atoms with E-state index in [4.69, 9.17) is 0 Å². The molecular formula is C17H17FN2O2. The van der Waals surface area contributed by atoms with Gasteiger partial charge < -0.3 is 5.11 Å². The summed E-state index contributed by atoms with van der Waals surface area (Å²) in [5.41, 5.74) is 1.93. The van der Waals surface area contributed by atoms with Crippen LogP contribution in [0.3, 0.4) is 0 Å². The van der Waals surface area contributed by atoms with Gasteiger partial charge in [0.15, 0.2) is 0 Å². The lowest BCUT2D eigenvalue weighted by atomic mass is 10.1. The van der Waals surface area contributed by atoms with E-state index in [1.165, 1.54) is 29.2 Å². The summed E-state index contributed by atoms with van der Waals surface area (Å²) in [5.74, 6) is 0.0321. The zero-order valence-electron chi connectivity index (χ0n) is 12.1. The second-order valence-electron chi connectivity index (χ2n) is 5.32. The van der Waals surface area contributed by atoms with Crippen LogP contribution < -0.4 is 10.0 Å². The molecule has 0 unspecified atom stereocenters. The molecule has 0 aromatic heterocycles. The molecule has 0 bridgehead atoms. The van der Waals surface area contributed by atoms with E-state index < -0.39 is 6.03 Å². The molecule has 4 nitrogen and oxygen atoms in total. The van der Waals surface area contributed by atoms with Gasteiger partial charge in [0.25, 0.3) is 0 Å². The Morgan fingerprint density at radius 2 is 1.82 bits per heavy atom. The zero-order chi connectivity index (χ0) is 15.5. The molecule has 0 spiro atoms. The molecule has 1 N–H and O–H groups in total. The van der Waals surface area contributed by atoms with Crippen molar-refractivity contribution in [3.05, 3.63) is 54.1 Å². The van der Waals surface area contributed by atoms with E-state index in [0.29, 0.717) is 6.54 Å². The van der Waals surface area contributed by atoms with Gasteiger partial charge in [0.1, 0.15) is 5.75 Å². The van der Waals surface area contributed by atoms with Crippen LogP contribution in [0.4, 0.5) is 20.7 Å². The fourth-order valence-corrected chi connectivity index (χ4v) is 2.69. The summed E-state index contributed by atoms with van der Waals surface area (Å²) in [6, 6.07) is 12.4. The third-order valence-electron chi connectivity index (χ3n) is 3.84. The summed E-state index contributed by atoms with van der Waals surface area (Å²) < 4.78 is 14.4. The van der Waals surface area contributed by atoms with Crippen LogP contribution in [0.1, 0.15) is 18.4 Å². The lowest BCUT2D eigenvalue weighted by Crippen LogP contribution is -2.40. The first-order chi connectivity index (χ1) is 10.7. The second kappa shape index (κ2) is 6.05. The van der Waals surface area contributed by atoms with Crippen LogP contribution in [0, 0.1) is 0 Å². The van der Waals surface area contributed by atoms with Gasteiger partial charge in [-0.15, -0.1) is 5.12 Å². The number of nitrogens with zero attached hydrogens (tertiary/aromatic N) is 2. The number of urea groups is 1. The molecule has 2 amide bonds. The minimum Gasteiger partial charge on any atom is -0.508 e. The van der Waals surface area contributed by atoms with Gasteiger partial charge in [0.05, 0.1) is 5.69 Å². The Labute approximate surface area is 128 Å². The summed E-state index contributed by atoms with van der Waals surface area (Å²) in [5, 5.41) is 9.38. The van der Waals surface area contributed by atoms with E-state index in [0.717, 1.165) is 30.5 Å². The van der Waals surface area contributed by atoms with Crippen molar-refractivity contribution in [3.63, 3.8) is 0 Å². The molecule has 2 aromatic carbocycles. The number of carbonyl (C=O) groups excluding carboxylic acids is 1. The van der Waals surface area contributed by atoms with Crippen LogP contribution in [0.5, 0.6) is 5.75 Å². The van der Waals surface area contributed by atoms with Crippen LogP contribution in [0.15, 0.2) is 48.5 Å². The van der Waals surface area contributed by atoms with Gasteiger partial charge in [-0.25, -0.2) is 4.79 Å². The largest absolute Gasteiger partial charge is 0.508 e. The van der Waals surface area contributed by atoms with E-state index in [9.17, 15) is 14.4 Å². The summed E-state index contributed by atoms with van der Waals surface area (Å²) in [6.45, 7) is 0.494. The summed E-state index contributed by atoms with van der Waals surface area (Å²) in [4.78, 5) is 14.0. The van der Waals surface area contributed by atoms with Crippen molar-refractivity contribution in [2.45, 2.75) is 19.3 Å². The van der Waals surface area contributed by atoms with E-state index in [2.05, 4.69) is 0 Å². The van der Waals surface area contributed by atoms with Crippen molar-refractivity contribution < 1.29 is 14.4 Å². The number of hydrogen-bond acceptors (Lipinski definition) is 2. The SMILES string of the molecule is O=C(N(F)c1ccc(O)cc1)N1CCCCc2ccccc21. The van der Waals surface area contributed by atoms with E-state index in [-0.39, 0.29) is 16.6 Å². The Morgan fingerprint density at radius 1 is 1.09 bits per heavy atom. The van der Waals surface area contributed by atoms with Crippen molar-refractivity contribution >= 4 is 17.4 Å². The molecule has 0 saturated carbocycles. The van der Waals surface area contributed by atoms with E-state index >= 15 is 0 Å². The van der Waals surface area contributed by atoms with Crippen LogP contribution in [-0.4, -0.2) is 17.7 Å². The number of fused-ring (bicyclic) bond motifs is 1. The number of para-hydroxylation sites is 1. The molecule has 0 aliphatic carbocycles. The fraction of sp³-hybridized carbons (Fsp3) is 0.235. The topological polar surface area (TPSA) is 43.8 Å². The lowest BCUT2D eigenvalue weighted by molar-refractivity contribution is 0.239. The Bertz CT molecular complexity index is 673. The zero-order valence-corrected chi connectivity index (χ0v) is 12.1. The number of phenolic OH excluding ortho intramolecular Hbond substituents is 1. The number of amides is 2. The fourth-order valence-electron chi connectivity index (χ4n) is 2.69. The van der Waals surface area contributed by atoms with Crippen molar-refractivity contribution in [3.8, 4) is 5.75 Å². The molecule has 0 fully saturated rings. The quantitative estimate of drug-likeness (QED) is 0.808. The standard InChI is InChI=1S/C17H17FN2O2/c18-20(14-8-10-15(21)11-9-14)17(22)19-12-4-3-6-13-5-1-2-7-16(13)19/h1-2,5,7-11,21H,3-4,6,12H2. The predicted octanol–water partition coefficient (Wildman–Crippen LogP) is 4.05. The molecular weight excluding hydrogens is 283 g/mol. The molecule has 5 heteroatoms. The Kier molecular flexibility index (Phi) is 3.96. The van der Waals surface area contributed by atoms with E-state index in [1.807, 2.05) is 24.3 Å². The second-order valence-corrected chi connectivity index (χ2v) is 5.32. The molecule has 0 atom stereocenters. The molecule has 3 rings (SSSR count). The van der Waals surface area contributed by atoms with Crippen LogP contribution >= 0.6 is 0 Å². The minimum absolute atomic E-state index is 0.0321. The number of aryl methyl sites for hydroxylation is 1. The molecule has 1 aliphatic rings. The lowest BCUT2D eigenvalue weighted by Gasteiger charge is -2.25. The average Bonchev–Trinajstić information content (AvgIpc) is 2.76. The Hall–Kier alpha value is -2.56. The monoisotopic (exact) mass is 300 g/mol. The number of anilines is 2. The number of benzene rings is 2. The normalized spacial score (nSPS) is 14.1. The number of hydrogen-bond donors (Lipinski definition) is 1. The first kappa shape index (κ1) is 14.4. The smallest absolute Gasteiger partial charge is 0.357 e. The van der Waals surface area contributed by atoms with Crippen LogP contribution in [-0.2, 0) is 6.42 Å². The highest BCUT2D eigenvalue weighted by Gasteiger charge is 2.26. The highest BCUT2D eigenvalue weighted by molar-refractivity contribution is 6.02. The summed E-state index contributed by atoms with van der Waals surface area (Å²) in [6.07, 6.45) is 2.71. The number of carbonyl (C=O) groups is 1. The first-order valence-electron chi connectivity index (χ1n) is 7.31. The Morgan fingerprint density at radius 3 is 2.59 bits per heavy atom. The highest BCUT2D eigenvalue weighted by atomic mass is 19.2. The first-order valence-corrected chi connectivity index (χ1v) is 7.31. The van der Waals surface area contributed by atoms with Crippen molar-refractivity contribution in [1.82, 2.24) is 0 Å². The van der Waals surface area contributed by atoms with Gasteiger partial charge >= 0.3 is 6.03 Å². The van der Waals surface area contributed by atoms with Gasteiger partial charge in [-0.1, -0.05) is 22.7 Å². The maximum Gasteiger partial charge on any atom is 0.357 e. The minimum atomic E-state index is -0.708. The maximum absolute atomic E-state index is 14.4. The van der Waals surface area contributed by atoms with Crippen LogP contribution in [0.2, 0.25) is 0 Å². The maximum atomic E-state index is 14.4. The van der Waals surface area contributed by atoms with Crippen molar-refractivity contribution in [2.24, 2.45) is 0 Å². The summed E-state index contributed by atoms with van der Waals surface area (Å²) in [7, 11) is 0. The van der Waals surface area contributed by atoms with Gasteiger partial charge in [-0.3, -0.25) is 4.90 Å². The number of halogens is 1. The number of aromatic hydroxyl groups is 1. The van der Waals surface area contributed by atoms with Gasteiger partial charge in [-0.05, 0) is 55.2 Å². The van der Waals surface area contributed by atoms with Gasteiger partial charge in [0.2, 0.25) is 0 Å². The van der Waals surface area contributed by atoms with Crippen molar-refractivity contribution in [2.75, 3.05) is 16.6 Å². The molecule has 114 valence electrons. The molecule has 1 aliphatic heterocycles. The molecule has 22 heavy (non-hydrogen) atoms. The number of phenols is 1.